The van der Waals surface area contributed by atoms with Crippen molar-refractivity contribution >= 4 is 27.5 Å². The van der Waals surface area contributed by atoms with E-state index in [1.54, 1.807) is 0 Å². The molecule has 0 aliphatic rings. The number of anilines is 1. The largest absolute Gasteiger partial charge is 0.321 e. The average Bonchev–Trinajstić information content (AvgIpc) is 2.34. The van der Waals surface area contributed by atoms with E-state index in [0.29, 0.717) is 4.47 Å². The van der Waals surface area contributed by atoms with E-state index in [4.69, 9.17) is 0 Å². The van der Waals surface area contributed by atoms with Gasteiger partial charge in [-0.25, -0.2) is 9.37 Å². The van der Waals surface area contributed by atoms with Gasteiger partial charge < -0.3 is 5.32 Å². The van der Waals surface area contributed by atoms with E-state index < -0.39 is 17.7 Å². The highest BCUT2D eigenvalue weighted by Gasteiger charge is 2.13. The van der Waals surface area contributed by atoms with Gasteiger partial charge in [0.05, 0.1) is 11.3 Å². The van der Waals surface area contributed by atoms with Gasteiger partial charge in [0.2, 0.25) is 5.95 Å². The molecule has 6 heteroatoms. The van der Waals surface area contributed by atoms with Crippen LogP contribution in [0.4, 0.5) is 14.5 Å². The second-order valence-electron chi connectivity index (χ2n) is 3.42. The summed E-state index contributed by atoms with van der Waals surface area (Å²) in [5.74, 6) is -2.06. The van der Waals surface area contributed by atoms with Crippen LogP contribution in [0.2, 0.25) is 0 Å². The minimum atomic E-state index is -0.873. The third kappa shape index (κ3) is 2.70. The van der Waals surface area contributed by atoms with E-state index in [0.717, 1.165) is 6.07 Å². The van der Waals surface area contributed by atoms with Crippen LogP contribution in [-0.2, 0) is 0 Å². The molecule has 1 amide bonds. The van der Waals surface area contributed by atoms with Gasteiger partial charge in [-0.3, -0.25) is 4.79 Å². The maximum absolute atomic E-state index is 13.3. The summed E-state index contributed by atoms with van der Waals surface area (Å²) in [5, 5.41) is 2.40. The normalized spacial score (nSPS) is 10.2. The fraction of sp³-hybridized carbons (Fsp3) is 0. The van der Waals surface area contributed by atoms with Crippen molar-refractivity contribution in [3.05, 3.63) is 58.3 Å². The minimum Gasteiger partial charge on any atom is -0.321 e. The Balaban J connectivity index is 2.27. The first-order chi connectivity index (χ1) is 8.58. The minimum absolute atomic E-state index is 0.200. The molecule has 0 bridgehead atoms. The lowest BCUT2D eigenvalue weighted by atomic mass is 10.2. The van der Waals surface area contributed by atoms with Crippen molar-refractivity contribution in [3.8, 4) is 0 Å². The van der Waals surface area contributed by atoms with E-state index in [-0.39, 0.29) is 11.3 Å². The molecule has 1 aromatic carbocycles. The molecule has 3 nitrogen and oxygen atoms in total. The third-order valence-corrected chi connectivity index (χ3v) is 2.87. The van der Waals surface area contributed by atoms with Crippen LogP contribution < -0.4 is 5.32 Å². The molecule has 0 fully saturated rings. The number of nitrogens with one attached hydrogen (secondary N) is 1. The molecule has 0 spiro atoms. The van der Waals surface area contributed by atoms with Gasteiger partial charge in [-0.1, -0.05) is 0 Å². The van der Waals surface area contributed by atoms with E-state index in [2.05, 4.69) is 26.2 Å². The number of amides is 1. The Kier molecular flexibility index (Phi) is 3.66. The third-order valence-electron chi connectivity index (χ3n) is 2.18. The van der Waals surface area contributed by atoms with Gasteiger partial charge in [-0.15, -0.1) is 0 Å². The number of benzene rings is 1. The van der Waals surface area contributed by atoms with Crippen LogP contribution in [-0.4, -0.2) is 10.9 Å². The SMILES string of the molecule is O=C(Nc1cc(F)ccc1Br)c1cccnc1F. The van der Waals surface area contributed by atoms with E-state index in [9.17, 15) is 13.6 Å². The second kappa shape index (κ2) is 5.22. The first-order valence-corrected chi connectivity index (χ1v) is 5.74. The van der Waals surface area contributed by atoms with Gasteiger partial charge >= 0.3 is 0 Å². The van der Waals surface area contributed by atoms with E-state index in [1.807, 2.05) is 0 Å². The van der Waals surface area contributed by atoms with Crippen molar-refractivity contribution in [1.82, 2.24) is 4.98 Å². The van der Waals surface area contributed by atoms with Crippen molar-refractivity contribution < 1.29 is 13.6 Å². The molecule has 2 aromatic rings. The van der Waals surface area contributed by atoms with Crippen molar-refractivity contribution in [2.45, 2.75) is 0 Å². The number of carbonyl (C=O) groups is 1. The summed E-state index contributed by atoms with van der Waals surface area (Å²) >= 11 is 3.16. The van der Waals surface area contributed by atoms with E-state index >= 15 is 0 Å². The lowest BCUT2D eigenvalue weighted by Gasteiger charge is -2.07. The summed E-state index contributed by atoms with van der Waals surface area (Å²) < 4.78 is 26.8. The first-order valence-electron chi connectivity index (χ1n) is 4.95. The number of hydrogen-bond donors (Lipinski definition) is 1. The van der Waals surface area contributed by atoms with E-state index in [1.165, 1.54) is 30.5 Å². The second-order valence-corrected chi connectivity index (χ2v) is 4.27. The number of nitrogens with zero attached hydrogens (tertiary/aromatic N) is 1. The first kappa shape index (κ1) is 12.6. The van der Waals surface area contributed by atoms with Crippen LogP contribution in [0, 0.1) is 11.8 Å². The van der Waals surface area contributed by atoms with Gasteiger partial charge in [0.15, 0.2) is 0 Å². The van der Waals surface area contributed by atoms with Gasteiger partial charge in [-0.2, -0.15) is 4.39 Å². The molecular formula is C12H7BrF2N2O. The van der Waals surface area contributed by atoms with Crippen molar-refractivity contribution in [1.29, 1.82) is 0 Å². The molecular weight excluding hydrogens is 306 g/mol. The standard InChI is InChI=1S/C12H7BrF2N2O/c13-9-4-3-7(14)6-10(9)17-12(18)8-2-1-5-16-11(8)15/h1-6H,(H,17,18). The zero-order chi connectivity index (χ0) is 13.1. The Morgan fingerprint density at radius 2 is 2.06 bits per heavy atom. The quantitative estimate of drug-likeness (QED) is 0.864. The molecule has 18 heavy (non-hydrogen) atoms. The van der Waals surface area contributed by atoms with Gasteiger partial charge in [0.25, 0.3) is 5.91 Å². The summed E-state index contributed by atoms with van der Waals surface area (Å²) in [6.45, 7) is 0. The maximum atomic E-state index is 13.3. The van der Waals surface area contributed by atoms with Gasteiger partial charge in [0, 0.05) is 10.7 Å². The van der Waals surface area contributed by atoms with Crippen molar-refractivity contribution in [3.63, 3.8) is 0 Å². The Morgan fingerprint density at radius 3 is 2.78 bits per heavy atom. The smallest absolute Gasteiger partial charge is 0.260 e. The average molecular weight is 313 g/mol. The molecule has 0 unspecified atom stereocenters. The number of halogens is 3. The molecule has 92 valence electrons. The Hall–Kier alpha value is -1.82. The molecule has 1 N–H and O–H groups in total. The maximum Gasteiger partial charge on any atom is 0.260 e. The summed E-state index contributed by atoms with van der Waals surface area (Å²) in [4.78, 5) is 15.1. The fourth-order valence-electron chi connectivity index (χ4n) is 1.34. The molecule has 1 heterocycles. The molecule has 0 saturated heterocycles. The highest BCUT2D eigenvalue weighted by atomic mass is 79.9. The summed E-state index contributed by atoms with van der Waals surface area (Å²) in [6.07, 6.45) is 1.24. The lowest BCUT2D eigenvalue weighted by molar-refractivity contribution is 0.102. The molecule has 0 atom stereocenters. The molecule has 1 aromatic heterocycles. The lowest BCUT2D eigenvalue weighted by Crippen LogP contribution is -2.14. The summed E-state index contributed by atoms with van der Waals surface area (Å²) in [6, 6.07) is 6.56. The van der Waals surface area contributed by atoms with Crippen molar-refractivity contribution in [2.75, 3.05) is 5.32 Å². The Labute approximate surface area is 110 Å². The highest BCUT2D eigenvalue weighted by Crippen LogP contribution is 2.23. The van der Waals surface area contributed by atoms with Crippen LogP contribution in [0.1, 0.15) is 10.4 Å². The summed E-state index contributed by atoms with van der Waals surface area (Å²) in [7, 11) is 0. The number of aromatic nitrogens is 1. The highest BCUT2D eigenvalue weighted by molar-refractivity contribution is 9.10. The monoisotopic (exact) mass is 312 g/mol. The van der Waals surface area contributed by atoms with Crippen LogP contribution in [0.5, 0.6) is 0 Å². The zero-order valence-electron chi connectivity index (χ0n) is 8.95. The zero-order valence-corrected chi connectivity index (χ0v) is 10.5. The number of carbonyl (C=O) groups excluding carboxylic acids is 1. The Bertz CT molecular complexity index is 604. The number of rotatable bonds is 2. The molecule has 0 saturated carbocycles. The molecule has 0 aliphatic carbocycles. The molecule has 0 aliphatic heterocycles. The van der Waals surface area contributed by atoms with Crippen LogP contribution in [0.3, 0.4) is 0 Å². The predicted molar refractivity (Wildman–Crippen MR) is 66.2 cm³/mol. The molecule has 2 rings (SSSR count). The van der Waals surface area contributed by atoms with Gasteiger partial charge in [-0.05, 0) is 46.3 Å². The van der Waals surface area contributed by atoms with Crippen LogP contribution in [0.15, 0.2) is 41.0 Å². The number of hydrogen-bond acceptors (Lipinski definition) is 2. The number of pyridine rings is 1. The van der Waals surface area contributed by atoms with Crippen molar-refractivity contribution in [2.24, 2.45) is 0 Å². The fourth-order valence-corrected chi connectivity index (χ4v) is 1.68. The van der Waals surface area contributed by atoms with Gasteiger partial charge in [0.1, 0.15) is 5.82 Å². The Morgan fingerprint density at radius 1 is 1.28 bits per heavy atom. The summed E-state index contributed by atoms with van der Waals surface area (Å²) in [5.41, 5.74) is 0.0249. The van der Waals surface area contributed by atoms with Crippen LogP contribution >= 0.6 is 15.9 Å². The molecule has 0 radical (unpaired) electrons. The topological polar surface area (TPSA) is 42.0 Å². The predicted octanol–water partition coefficient (Wildman–Crippen LogP) is 3.37. The van der Waals surface area contributed by atoms with Crippen LogP contribution in [0.25, 0.3) is 0 Å².